The second-order valence-electron chi connectivity index (χ2n) is 6.35. The fraction of sp³-hybridized carbons (Fsp3) is 0.250. The average Bonchev–Trinajstić information content (AvgIpc) is 3.21. The minimum absolute atomic E-state index is 0.0208. The lowest BCUT2D eigenvalue weighted by atomic mass is 10.2. The van der Waals surface area contributed by atoms with Gasteiger partial charge in [0.25, 0.3) is 0 Å². The van der Waals surface area contributed by atoms with Crippen molar-refractivity contribution in [2.24, 2.45) is 0 Å². The number of hydrogen-bond acceptors (Lipinski definition) is 8. The smallest absolute Gasteiger partial charge is 0.240 e. The molecule has 0 aliphatic rings. The Morgan fingerprint density at radius 3 is 2.52 bits per heavy atom. The van der Waals surface area contributed by atoms with Crippen molar-refractivity contribution in [3.05, 3.63) is 65.2 Å². The number of methoxy groups -OCH3 is 1. The Bertz CT molecular complexity index is 1090. The molecule has 0 fully saturated rings. The number of aromatic nitrogens is 2. The first-order chi connectivity index (χ1) is 15.0. The van der Waals surface area contributed by atoms with Gasteiger partial charge < -0.3 is 10.1 Å². The van der Waals surface area contributed by atoms with Crippen LogP contribution in [0.2, 0.25) is 0 Å². The summed E-state index contributed by atoms with van der Waals surface area (Å²) in [5, 5.41) is 11.9. The predicted molar refractivity (Wildman–Crippen MR) is 123 cm³/mol. The lowest BCUT2D eigenvalue weighted by Gasteiger charge is -2.07. The van der Waals surface area contributed by atoms with Crippen LogP contribution in [0, 0.1) is 0 Å². The third-order valence-electron chi connectivity index (χ3n) is 4.06. The van der Waals surface area contributed by atoms with Gasteiger partial charge in [-0.05, 0) is 29.8 Å². The van der Waals surface area contributed by atoms with Crippen LogP contribution in [0.5, 0.6) is 5.75 Å². The van der Waals surface area contributed by atoms with Crippen LogP contribution in [0.3, 0.4) is 0 Å². The van der Waals surface area contributed by atoms with Gasteiger partial charge in [0.1, 0.15) is 10.8 Å². The first-order valence-corrected chi connectivity index (χ1v) is 12.8. The van der Waals surface area contributed by atoms with E-state index in [1.54, 1.807) is 23.9 Å². The maximum Gasteiger partial charge on any atom is 0.240 e. The largest absolute Gasteiger partial charge is 0.497 e. The van der Waals surface area contributed by atoms with E-state index in [1.165, 1.54) is 36.1 Å². The number of thioether (sulfide) groups is 1. The van der Waals surface area contributed by atoms with Gasteiger partial charge in [-0.25, -0.2) is 13.1 Å². The fourth-order valence-electron chi connectivity index (χ4n) is 2.51. The van der Waals surface area contributed by atoms with Crippen LogP contribution >= 0.6 is 23.1 Å². The van der Waals surface area contributed by atoms with Gasteiger partial charge in [-0.15, -0.1) is 22.0 Å². The molecule has 1 heterocycles. The minimum Gasteiger partial charge on any atom is -0.497 e. The Kier molecular flexibility index (Phi) is 8.41. The van der Waals surface area contributed by atoms with Crippen LogP contribution < -0.4 is 14.8 Å². The molecule has 31 heavy (non-hydrogen) atoms. The molecular formula is C20H22N4O4S3. The number of hydrogen-bond donors (Lipinski definition) is 2. The SMILES string of the molecule is COc1ccc(S(=O)(=O)NCCC(=O)Nc2nnc(CSCc3ccccc3)s2)cc1. The number of carbonyl (C=O) groups is 1. The Morgan fingerprint density at radius 1 is 1.06 bits per heavy atom. The van der Waals surface area contributed by atoms with Crippen LogP contribution in [0.1, 0.15) is 17.0 Å². The Hall–Kier alpha value is -2.47. The zero-order chi connectivity index (χ0) is 22.1. The van der Waals surface area contributed by atoms with Gasteiger partial charge in [0.05, 0.1) is 12.0 Å². The van der Waals surface area contributed by atoms with E-state index in [9.17, 15) is 13.2 Å². The summed E-state index contributed by atoms with van der Waals surface area (Å²) in [6, 6.07) is 16.1. The Balaban J connectivity index is 1.40. The normalized spacial score (nSPS) is 11.3. The van der Waals surface area contributed by atoms with Gasteiger partial charge in [-0.3, -0.25) is 4.79 Å². The molecule has 11 heteroatoms. The summed E-state index contributed by atoms with van der Waals surface area (Å²) in [6.45, 7) is -0.0290. The molecule has 0 spiro atoms. The number of benzene rings is 2. The molecule has 164 valence electrons. The number of ether oxygens (including phenoxy) is 1. The summed E-state index contributed by atoms with van der Waals surface area (Å²) in [7, 11) is -2.19. The van der Waals surface area contributed by atoms with Gasteiger partial charge in [-0.1, -0.05) is 41.7 Å². The van der Waals surface area contributed by atoms with Crippen molar-refractivity contribution in [1.29, 1.82) is 0 Å². The quantitative estimate of drug-likeness (QED) is 0.435. The molecule has 0 unspecified atom stereocenters. The maximum atomic E-state index is 12.3. The summed E-state index contributed by atoms with van der Waals surface area (Å²) in [4.78, 5) is 12.2. The van der Waals surface area contributed by atoms with Crippen molar-refractivity contribution in [3.63, 3.8) is 0 Å². The first-order valence-electron chi connectivity index (χ1n) is 9.34. The number of amides is 1. The summed E-state index contributed by atoms with van der Waals surface area (Å²) < 4.78 is 32.0. The molecule has 2 aromatic carbocycles. The number of nitrogens with zero attached hydrogens (tertiary/aromatic N) is 2. The Morgan fingerprint density at radius 2 is 1.81 bits per heavy atom. The topological polar surface area (TPSA) is 110 Å². The van der Waals surface area contributed by atoms with E-state index < -0.39 is 10.0 Å². The van der Waals surface area contributed by atoms with Crippen LogP contribution in [-0.2, 0) is 26.3 Å². The molecule has 0 radical (unpaired) electrons. The van der Waals surface area contributed by atoms with Gasteiger partial charge in [0, 0.05) is 24.5 Å². The monoisotopic (exact) mass is 478 g/mol. The van der Waals surface area contributed by atoms with E-state index in [0.29, 0.717) is 16.6 Å². The predicted octanol–water partition coefficient (Wildman–Crippen LogP) is 3.29. The van der Waals surface area contributed by atoms with Crippen LogP contribution in [-0.4, -0.2) is 38.2 Å². The van der Waals surface area contributed by atoms with Crippen molar-refractivity contribution in [1.82, 2.24) is 14.9 Å². The molecule has 0 saturated carbocycles. The molecule has 3 rings (SSSR count). The van der Waals surface area contributed by atoms with Gasteiger partial charge in [-0.2, -0.15) is 0 Å². The second-order valence-corrected chi connectivity index (χ2v) is 10.2. The molecular weight excluding hydrogens is 456 g/mol. The van der Waals surface area contributed by atoms with Crippen molar-refractivity contribution < 1.29 is 17.9 Å². The van der Waals surface area contributed by atoms with Crippen molar-refractivity contribution >= 4 is 44.2 Å². The highest BCUT2D eigenvalue weighted by Gasteiger charge is 2.15. The number of nitrogens with one attached hydrogen (secondary N) is 2. The minimum atomic E-state index is -3.70. The summed E-state index contributed by atoms with van der Waals surface area (Å²) in [5.74, 6) is 1.80. The van der Waals surface area contributed by atoms with E-state index in [2.05, 4.69) is 32.4 Å². The maximum absolute atomic E-state index is 12.3. The highest BCUT2D eigenvalue weighted by atomic mass is 32.2. The standard InChI is InChI=1S/C20H22N4O4S3/c1-28-16-7-9-17(10-8-16)31(26,27)21-12-11-18(25)22-20-24-23-19(30-20)14-29-13-15-5-3-2-4-6-15/h2-10,21H,11-14H2,1H3,(H,22,24,25). The lowest BCUT2D eigenvalue weighted by molar-refractivity contribution is -0.116. The van der Waals surface area contributed by atoms with E-state index >= 15 is 0 Å². The van der Waals surface area contributed by atoms with Crippen LogP contribution in [0.15, 0.2) is 59.5 Å². The average molecular weight is 479 g/mol. The molecule has 0 aliphatic heterocycles. The van der Waals surface area contributed by atoms with E-state index in [1.807, 2.05) is 18.2 Å². The zero-order valence-corrected chi connectivity index (χ0v) is 19.2. The van der Waals surface area contributed by atoms with Crippen LogP contribution in [0.4, 0.5) is 5.13 Å². The highest BCUT2D eigenvalue weighted by molar-refractivity contribution is 7.97. The lowest BCUT2D eigenvalue weighted by Crippen LogP contribution is -2.27. The van der Waals surface area contributed by atoms with Gasteiger partial charge in [0.2, 0.25) is 21.1 Å². The number of sulfonamides is 1. The van der Waals surface area contributed by atoms with Crippen LogP contribution in [0.25, 0.3) is 0 Å². The molecule has 0 atom stereocenters. The van der Waals surface area contributed by atoms with Crippen molar-refractivity contribution in [3.8, 4) is 5.75 Å². The highest BCUT2D eigenvalue weighted by Crippen LogP contribution is 2.22. The molecule has 1 amide bonds. The second kappa shape index (κ2) is 11.2. The molecule has 3 aromatic rings. The van der Waals surface area contributed by atoms with Crippen molar-refractivity contribution in [2.75, 3.05) is 19.0 Å². The number of anilines is 1. The number of rotatable bonds is 11. The molecule has 8 nitrogen and oxygen atoms in total. The zero-order valence-electron chi connectivity index (χ0n) is 16.8. The summed E-state index contributed by atoms with van der Waals surface area (Å²) in [6.07, 6.45) is -0.0208. The Labute approximate surface area is 189 Å². The van der Waals surface area contributed by atoms with Crippen molar-refractivity contribution in [2.45, 2.75) is 22.8 Å². The fourth-order valence-corrected chi connectivity index (χ4v) is 5.34. The molecule has 0 saturated heterocycles. The molecule has 0 aliphatic carbocycles. The van der Waals surface area contributed by atoms with Gasteiger partial charge >= 0.3 is 0 Å². The first kappa shape index (κ1) is 23.2. The molecule has 1 aromatic heterocycles. The summed E-state index contributed by atoms with van der Waals surface area (Å²) >= 11 is 3.03. The third kappa shape index (κ3) is 7.31. The third-order valence-corrected chi connectivity index (χ3v) is 7.58. The van der Waals surface area contributed by atoms with Gasteiger partial charge in [0.15, 0.2) is 0 Å². The van der Waals surface area contributed by atoms with E-state index in [0.717, 1.165) is 10.8 Å². The van der Waals surface area contributed by atoms with E-state index in [4.69, 9.17) is 4.74 Å². The van der Waals surface area contributed by atoms with E-state index in [-0.39, 0.29) is 23.8 Å². The summed E-state index contributed by atoms with van der Waals surface area (Å²) in [5.41, 5.74) is 1.24. The molecule has 2 N–H and O–H groups in total. The molecule has 0 bridgehead atoms. The number of carbonyl (C=O) groups excluding carboxylic acids is 1.